The quantitative estimate of drug-likeness (QED) is 0.416. The molecule has 1 aromatic rings. The van der Waals surface area contributed by atoms with Crippen LogP contribution in [0, 0.1) is 0 Å². The number of β-lactam (4-membered cyclic amide) rings is 1. The number of carboxylic acid groups (broad SMARTS) is 2. The molecular formula is C15H18N2Na2O6S2. The van der Waals surface area contributed by atoms with Gasteiger partial charge in [0.05, 0.1) is 6.42 Å². The third kappa shape index (κ3) is 4.58. The average Bonchev–Trinajstić information content (AvgIpc) is 3.05. The first-order valence-corrected chi connectivity index (χ1v) is 9.21. The molecule has 0 bridgehead atoms. The van der Waals surface area contributed by atoms with Crippen LogP contribution in [0.5, 0.6) is 0 Å². The Morgan fingerprint density at radius 1 is 1.26 bits per heavy atom. The Morgan fingerprint density at radius 2 is 1.89 bits per heavy atom. The van der Waals surface area contributed by atoms with E-state index in [9.17, 15) is 24.3 Å². The maximum absolute atomic E-state index is 12.3. The standard InChI is InChI=1S/C15H16N2O6S2.2Na.2H/c1-15(2)10(14(22)23)17-11(19)8(12(17)25-15)16-7(18)5-6-3-4-24-9(6)13(20)21;;;;/h3-4,8,10,12H,5H2,1-2H3,(H,16,18)(H,20,21)(H,22,23);;;;/t8?,10?,12-;;;;/m1..../s1. The number of amides is 2. The number of thiophene rings is 1. The van der Waals surface area contributed by atoms with Gasteiger partial charge in [0.2, 0.25) is 11.8 Å². The summed E-state index contributed by atoms with van der Waals surface area (Å²) >= 11 is 2.37. The zero-order valence-electron chi connectivity index (χ0n) is 13.4. The van der Waals surface area contributed by atoms with Crippen molar-refractivity contribution in [3.8, 4) is 0 Å². The Hall–Kier alpha value is -0.0700. The van der Waals surface area contributed by atoms with E-state index in [1.165, 1.54) is 16.7 Å². The molecule has 12 heteroatoms. The molecule has 2 aliphatic heterocycles. The fourth-order valence-corrected chi connectivity index (χ4v) is 5.59. The summed E-state index contributed by atoms with van der Waals surface area (Å²) in [6.07, 6.45) is -0.141. The van der Waals surface area contributed by atoms with Crippen LogP contribution in [0.1, 0.15) is 29.1 Å². The monoisotopic (exact) mass is 432 g/mol. The van der Waals surface area contributed by atoms with E-state index in [0.717, 1.165) is 11.3 Å². The molecule has 3 heterocycles. The van der Waals surface area contributed by atoms with Gasteiger partial charge in [0, 0.05) is 4.75 Å². The van der Waals surface area contributed by atoms with E-state index < -0.39 is 46.0 Å². The van der Waals surface area contributed by atoms with E-state index in [1.54, 1.807) is 25.3 Å². The molecule has 2 fully saturated rings. The van der Waals surface area contributed by atoms with Gasteiger partial charge >= 0.3 is 71.1 Å². The SMILES string of the molecule is CC1(C)S[C@@H]2C(NC(=O)Cc3ccsc3C(=O)O)C(=O)N2C1C(=O)O.[NaH].[NaH]. The molecule has 2 unspecified atom stereocenters. The first kappa shape index (κ1) is 25.0. The van der Waals surface area contributed by atoms with Gasteiger partial charge in [-0.05, 0) is 30.9 Å². The summed E-state index contributed by atoms with van der Waals surface area (Å²) in [5, 5.41) is 22.2. The number of nitrogens with zero attached hydrogens (tertiary/aromatic N) is 1. The molecule has 0 radical (unpaired) electrons. The molecule has 2 saturated heterocycles. The Bertz CT molecular complexity index is 784. The van der Waals surface area contributed by atoms with Crippen LogP contribution < -0.4 is 5.32 Å². The van der Waals surface area contributed by atoms with E-state index >= 15 is 0 Å². The number of thioether (sulfide) groups is 1. The molecule has 0 saturated carbocycles. The molecule has 1 aromatic heterocycles. The molecule has 2 amide bonds. The molecule has 0 aliphatic carbocycles. The van der Waals surface area contributed by atoms with Crippen LogP contribution >= 0.6 is 23.1 Å². The van der Waals surface area contributed by atoms with Gasteiger partial charge < -0.3 is 20.4 Å². The van der Waals surface area contributed by atoms with E-state index in [2.05, 4.69) is 5.32 Å². The molecule has 27 heavy (non-hydrogen) atoms. The molecule has 8 nitrogen and oxygen atoms in total. The molecule has 0 aromatic carbocycles. The van der Waals surface area contributed by atoms with Gasteiger partial charge in [-0.1, -0.05) is 0 Å². The summed E-state index contributed by atoms with van der Waals surface area (Å²) in [5.74, 6) is -3.05. The third-order valence-electron chi connectivity index (χ3n) is 4.28. The first-order valence-electron chi connectivity index (χ1n) is 7.45. The van der Waals surface area contributed by atoms with E-state index in [-0.39, 0.29) is 70.4 Å². The van der Waals surface area contributed by atoms with Gasteiger partial charge in [0.15, 0.2) is 0 Å². The van der Waals surface area contributed by atoms with Crippen LogP contribution in [0.25, 0.3) is 0 Å². The minimum atomic E-state index is -1.10. The van der Waals surface area contributed by atoms with Crippen molar-refractivity contribution in [2.75, 3.05) is 0 Å². The van der Waals surface area contributed by atoms with Crippen molar-refractivity contribution in [3.63, 3.8) is 0 Å². The molecular weight excluding hydrogens is 414 g/mol. The number of nitrogens with one attached hydrogen (secondary N) is 1. The normalized spacial score (nSPS) is 24.7. The number of carbonyl (C=O) groups is 4. The fraction of sp³-hybridized carbons (Fsp3) is 0.467. The van der Waals surface area contributed by atoms with Gasteiger partial charge in [-0.2, -0.15) is 0 Å². The Morgan fingerprint density at radius 3 is 2.44 bits per heavy atom. The summed E-state index contributed by atoms with van der Waals surface area (Å²) in [7, 11) is 0. The van der Waals surface area contributed by atoms with Gasteiger partial charge in [-0.15, -0.1) is 23.1 Å². The summed E-state index contributed by atoms with van der Waals surface area (Å²) in [4.78, 5) is 48.4. The predicted molar refractivity (Wildman–Crippen MR) is 105 cm³/mol. The molecule has 3 N–H and O–H groups in total. The van der Waals surface area contributed by atoms with Crippen molar-refractivity contribution in [1.29, 1.82) is 0 Å². The Balaban J connectivity index is 0.00000182. The van der Waals surface area contributed by atoms with E-state index in [1.807, 2.05) is 0 Å². The number of hydrogen-bond acceptors (Lipinski definition) is 6. The number of hydrogen-bond donors (Lipinski definition) is 3. The van der Waals surface area contributed by atoms with Crippen LogP contribution in [0.2, 0.25) is 0 Å². The summed E-state index contributed by atoms with van der Waals surface area (Å²) < 4.78 is -0.657. The van der Waals surface area contributed by atoms with Crippen LogP contribution in [0.15, 0.2) is 11.4 Å². The Labute approximate surface area is 208 Å². The molecule has 2 aliphatic rings. The summed E-state index contributed by atoms with van der Waals surface area (Å²) in [6.45, 7) is 3.51. The maximum atomic E-state index is 12.3. The third-order valence-corrected chi connectivity index (χ3v) is 6.80. The Kier molecular flexibility index (Phi) is 8.48. The number of carboxylic acids is 2. The second-order valence-corrected chi connectivity index (χ2v) is 9.09. The van der Waals surface area contributed by atoms with Crippen molar-refractivity contribution in [2.24, 2.45) is 0 Å². The van der Waals surface area contributed by atoms with E-state index in [4.69, 9.17) is 5.11 Å². The zero-order chi connectivity index (χ0) is 18.5. The second-order valence-electron chi connectivity index (χ2n) is 6.40. The van der Waals surface area contributed by atoms with Crippen molar-refractivity contribution >= 4 is 106 Å². The van der Waals surface area contributed by atoms with Crippen LogP contribution in [0.4, 0.5) is 0 Å². The van der Waals surface area contributed by atoms with E-state index in [0.29, 0.717) is 5.56 Å². The zero-order valence-corrected chi connectivity index (χ0v) is 15.0. The number of carbonyl (C=O) groups excluding carboxylic acids is 2. The number of aromatic carboxylic acids is 1. The van der Waals surface area contributed by atoms with Crippen LogP contribution in [-0.4, -0.2) is 120 Å². The van der Waals surface area contributed by atoms with Gasteiger partial charge in [-0.25, -0.2) is 9.59 Å². The fourth-order valence-electron chi connectivity index (χ4n) is 3.21. The van der Waals surface area contributed by atoms with Crippen molar-refractivity contribution in [3.05, 3.63) is 21.9 Å². The number of fused-ring (bicyclic) bond motifs is 1. The first-order chi connectivity index (χ1) is 11.6. The van der Waals surface area contributed by atoms with Crippen LogP contribution in [0.3, 0.4) is 0 Å². The molecule has 3 atom stereocenters. The van der Waals surface area contributed by atoms with Crippen LogP contribution in [-0.2, 0) is 20.8 Å². The second kappa shape index (κ2) is 9.17. The van der Waals surface area contributed by atoms with Crippen molar-refractivity contribution in [2.45, 2.75) is 42.5 Å². The molecule has 138 valence electrons. The minimum absolute atomic E-state index is 0. The van der Waals surface area contributed by atoms with Crippen molar-refractivity contribution < 1.29 is 29.4 Å². The summed E-state index contributed by atoms with van der Waals surface area (Å²) in [5.41, 5.74) is 0.390. The van der Waals surface area contributed by atoms with Crippen molar-refractivity contribution in [1.82, 2.24) is 10.2 Å². The number of aliphatic carboxylic acids is 1. The topological polar surface area (TPSA) is 124 Å². The predicted octanol–water partition coefficient (Wildman–Crippen LogP) is -0.676. The van der Waals surface area contributed by atoms with Gasteiger partial charge in [0.1, 0.15) is 22.3 Å². The molecule has 3 rings (SSSR count). The average molecular weight is 432 g/mol. The molecule has 0 spiro atoms. The van der Waals surface area contributed by atoms with Gasteiger partial charge in [-0.3, -0.25) is 9.59 Å². The van der Waals surface area contributed by atoms with Gasteiger partial charge in [0.25, 0.3) is 0 Å². The summed E-state index contributed by atoms with van der Waals surface area (Å²) in [6, 6.07) is -0.150. The number of rotatable bonds is 5.